The van der Waals surface area contributed by atoms with Gasteiger partial charge in [-0.05, 0) is 49.6 Å². The van der Waals surface area contributed by atoms with Gasteiger partial charge in [-0.1, -0.05) is 41.4 Å². The van der Waals surface area contributed by atoms with E-state index in [2.05, 4.69) is 20.2 Å². The van der Waals surface area contributed by atoms with Crippen molar-refractivity contribution in [1.29, 1.82) is 0 Å². The number of fused-ring (bicyclic) bond motifs is 1. The number of carbonyl (C=O) groups excluding carboxylic acids is 1. The predicted molar refractivity (Wildman–Crippen MR) is 146 cm³/mol. The fourth-order valence-electron chi connectivity index (χ4n) is 4.59. The van der Waals surface area contributed by atoms with E-state index >= 15 is 0 Å². The Morgan fingerprint density at radius 3 is 2.58 bits per heavy atom. The standard InChI is InChI=1S/C27H25Cl2N5O2/c1-15(35)21-13-32-25-19(16-10-22(28)27(36)23(29)11-16)5-2-6-20(25)26(21)33-18-7-8-24(31-12-18)34-9-3-4-17(30)14-34/h2,5-8,10-13,17,36H,3-4,9,14,30H2,1H3,(H,32,33). The molecule has 4 N–H and O–H groups in total. The molecule has 1 fully saturated rings. The number of ketones is 1. The number of rotatable bonds is 5. The number of pyridine rings is 2. The number of hydrogen-bond acceptors (Lipinski definition) is 7. The van der Waals surface area contributed by atoms with Gasteiger partial charge in [0.25, 0.3) is 0 Å². The lowest BCUT2D eigenvalue weighted by Gasteiger charge is -2.31. The van der Waals surface area contributed by atoms with E-state index in [1.54, 1.807) is 24.5 Å². The maximum atomic E-state index is 12.5. The van der Waals surface area contributed by atoms with Gasteiger partial charge >= 0.3 is 0 Å². The van der Waals surface area contributed by atoms with Crippen LogP contribution in [0.5, 0.6) is 5.75 Å². The molecule has 1 atom stereocenters. The number of nitrogens with two attached hydrogens (primary N) is 1. The van der Waals surface area contributed by atoms with Gasteiger partial charge in [0.15, 0.2) is 11.5 Å². The summed E-state index contributed by atoms with van der Waals surface area (Å²) in [6.07, 6.45) is 5.41. The van der Waals surface area contributed by atoms with E-state index in [-0.39, 0.29) is 27.6 Å². The number of carbonyl (C=O) groups is 1. The van der Waals surface area contributed by atoms with Crippen LogP contribution in [0.3, 0.4) is 0 Å². The minimum Gasteiger partial charge on any atom is -0.505 e. The first-order valence-corrected chi connectivity index (χ1v) is 12.4. The fourth-order valence-corrected chi connectivity index (χ4v) is 5.08. The second-order valence-electron chi connectivity index (χ2n) is 8.97. The summed E-state index contributed by atoms with van der Waals surface area (Å²) in [7, 11) is 0. The maximum Gasteiger partial charge on any atom is 0.163 e. The lowest BCUT2D eigenvalue weighted by molar-refractivity contribution is 0.101. The Labute approximate surface area is 218 Å². The van der Waals surface area contributed by atoms with Crippen molar-refractivity contribution in [3.05, 3.63) is 70.5 Å². The lowest BCUT2D eigenvalue weighted by Crippen LogP contribution is -2.43. The highest BCUT2D eigenvalue weighted by molar-refractivity contribution is 6.37. The Hall–Kier alpha value is -3.39. The summed E-state index contributed by atoms with van der Waals surface area (Å²) in [6.45, 7) is 3.24. The molecule has 2 aromatic carbocycles. The van der Waals surface area contributed by atoms with Gasteiger partial charge in [0.05, 0.1) is 38.7 Å². The normalized spacial score (nSPS) is 15.8. The number of nitrogens with zero attached hydrogens (tertiary/aromatic N) is 3. The largest absolute Gasteiger partial charge is 0.505 e. The fraction of sp³-hybridized carbons (Fsp3) is 0.222. The minimum absolute atomic E-state index is 0.111. The zero-order chi connectivity index (χ0) is 25.4. The zero-order valence-electron chi connectivity index (χ0n) is 19.6. The summed E-state index contributed by atoms with van der Waals surface area (Å²) < 4.78 is 0. The number of para-hydroxylation sites is 1. The molecule has 7 nitrogen and oxygen atoms in total. The first-order chi connectivity index (χ1) is 17.3. The van der Waals surface area contributed by atoms with E-state index in [0.717, 1.165) is 48.4 Å². The number of phenolic OH excluding ortho intramolecular Hbond substituents is 1. The number of benzene rings is 2. The van der Waals surface area contributed by atoms with Crippen LogP contribution in [0.2, 0.25) is 10.0 Å². The summed E-state index contributed by atoms with van der Waals surface area (Å²) in [5, 5.41) is 14.4. The molecule has 4 aromatic rings. The minimum atomic E-state index is -0.168. The van der Waals surface area contributed by atoms with Crippen LogP contribution in [0.25, 0.3) is 22.0 Å². The quantitative estimate of drug-likeness (QED) is 0.269. The molecule has 0 amide bonds. The van der Waals surface area contributed by atoms with Crippen LogP contribution >= 0.6 is 23.2 Å². The van der Waals surface area contributed by atoms with Crippen molar-refractivity contribution in [1.82, 2.24) is 9.97 Å². The van der Waals surface area contributed by atoms with Gasteiger partial charge in [0, 0.05) is 36.3 Å². The highest BCUT2D eigenvalue weighted by Crippen LogP contribution is 2.40. The number of Topliss-reactive ketones (excluding diaryl/α,β-unsaturated/α-hetero) is 1. The third-order valence-corrected chi connectivity index (χ3v) is 6.98. The second-order valence-corrected chi connectivity index (χ2v) is 9.79. The van der Waals surface area contributed by atoms with Crippen LogP contribution in [-0.4, -0.2) is 40.0 Å². The van der Waals surface area contributed by atoms with Gasteiger partial charge in [-0.25, -0.2) is 4.98 Å². The van der Waals surface area contributed by atoms with Crippen LogP contribution in [0, 0.1) is 0 Å². The van der Waals surface area contributed by atoms with Gasteiger partial charge in [-0.15, -0.1) is 0 Å². The van der Waals surface area contributed by atoms with Crippen molar-refractivity contribution >= 4 is 57.1 Å². The zero-order valence-corrected chi connectivity index (χ0v) is 21.1. The van der Waals surface area contributed by atoms with E-state index < -0.39 is 0 Å². The third kappa shape index (κ3) is 4.69. The van der Waals surface area contributed by atoms with Crippen molar-refractivity contribution in [3.8, 4) is 16.9 Å². The van der Waals surface area contributed by atoms with Crippen LogP contribution in [0.15, 0.2) is 54.9 Å². The lowest BCUT2D eigenvalue weighted by atomic mass is 9.99. The maximum absolute atomic E-state index is 12.5. The van der Waals surface area contributed by atoms with Gasteiger partial charge in [0.1, 0.15) is 5.82 Å². The molecule has 2 aromatic heterocycles. The molecule has 0 aliphatic carbocycles. The molecule has 36 heavy (non-hydrogen) atoms. The Morgan fingerprint density at radius 1 is 1.14 bits per heavy atom. The molecule has 3 heterocycles. The molecule has 0 radical (unpaired) electrons. The van der Waals surface area contributed by atoms with Crippen molar-refractivity contribution in [2.75, 3.05) is 23.3 Å². The molecule has 0 bridgehead atoms. The SMILES string of the molecule is CC(=O)c1cnc2c(-c3cc(Cl)c(O)c(Cl)c3)cccc2c1Nc1ccc(N2CCCC(N)C2)nc1. The molecule has 9 heteroatoms. The first kappa shape index (κ1) is 24.3. The third-order valence-electron chi connectivity index (χ3n) is 6.40. The van der Waals surface area contributed by atoms with Crippen molar-refractivity contribution in [3.63, 3.8) is 0 Å². The smallest absolute Gasteiger partial charge is 0.163 e. The van der Waals surface area contributed by atoms with E-state index in [4.69, 9.17) is 28.9 Å². The molecule has 1 aliphatic heterocycles. The number of hydrogen-bond donors (Lipinski definition) is 3. The number of piperidine rings is 1. The van der Waals surface area contributed by atoms with E-state index in [9.17, 15) is 9.90 Å². The van der Waals surface area contributed by atoms with Gasteiger partial charge in [-0.3, -0.25) is 9.78 Å². The molecule has 0 spiro atoms. The summed E-state index contributed by atoms with van der Waals surface area (Å²) >= 11 is 12.3. The summed E-state index contributed by atoms with van der Waals surface area (Å²) in [6, 6.07) is 13.0. The molecular formula is C27H25Cl2N5O2. The number of aromatic hydroxyl groups is 1. The average Bonchev–Trinajstić information content (AvgIpc) is 2.87. The van der Waals surface area contributed by atoms with Crippen molar-refractivity contribution in [2.45, 2.75) is 25.8 Å². The summed E-state index contributed by atoms with van der Waals surface area (Å²) in [5.74, 6) is 0.601. The highest BCUT2D eigenvalue weighted by Gasteiger charge is 2.19. The van der Waals surface area contributed by atoms with Gasteiger partial charge < -0.3 is 21.1 Å². The number of anilines is 3. The van der Waals surface area contributed by atoms with E-state index in [1.165, 1.54) is 6.92 Å². The van der Waals surface area contributed by atoms with Crippen molar-refractivity contribution < 1.29 is 9.90 Å². The average molecular weight is 522 g/mol. The van der Waals surface area contributed by atoms with E-state index in [0.29, 0.717) is 22.3 Å². The van der Waals surface area contributed by atoms with Crippen molar-refractivity contribution in [2.24, 2.45) is 5.73 Å². The molecule has 184 valence electrons. The molecule has 5 rings (SSSR count). The second kappa shape index (κ2) is 9.93. The Kier molecular flexibility index (Phi) is 6.71. The number of phenols is 1. The number of aromatic nitrogens is 2. The Morgan fingerprint density at radius 2 is 1.92 bits per heavy atom. The molecule has 1 aliphatic rings. The summed E-state index contributed by atoms with van der Waals surface area (Å²) in [4.78, 5) is 23.9. The Bertz CT molecular complexity index is 1440. The van der Waals surface area contributed by atoms with E-state index in [1.807, 2.05) is 30.3 Å². The monoisotopic (exact) mass is 521 g/mol. The van der Waals surface area contributed by atoms with Crippen LogP contribution < -0.4 is 16.0 Å². The molecule has 0 saturated carbocycles. The summed E-state index contributed by atoms with van der Waals surface area (Å²) in [5.41, 5.74) is 10.1. The number of nitrogens with one attached hydrogen (secondary N) is 1. The highest BCUT2D eigenvalue weighted by atomic mass is 35.5. The molecular weight excluding hydrogens is 497 g/mol. The number of halogens is 2. The van der Waals surface area contributed by atoms with Crippen LogP contribution in [-0.2, 0) is 0 Å². The van der Waals surface area contributed by atoms with Crippen LogP contribution in [0.4, 0.5) is 17.2 Å². The Balaban J connectivity index is 1.55. The topological polar surface area (TPSA) is 104 Å². The molecule has 1 saturated heterocycles. The van der Waals surface area contributed by atoms with Crippen LogP contribution in [0.1, 0.15) is 30.1 Å². The van der Waals surface area contributed by atoms with Gasteiger partial charge in [-0.2, -0.15) is 0 Å². The molecule has 1 unspecified atom stereocenters. The van der Waals surface area contributed by atoms with Gasteiger partial charge in [0.2, 0.25) is 0 Å². The predicted octanol–water partition coefficient (Wildman–Crippen LogP) is 6.18. The first-order valence-electron chi connectivity index (χ1n) is 11.7.